The molecule has 122 valence electrons. The number of carboxylic acid groups (broad SMARTS) is 1. The second-order valence-corrected chi connectivity index (χ2v) is 5.90. The van der Waals surface area contributed by atoms with Gasteiger partial charge in [-0.15, -0.1) is 0 Å². The van der Waals surface area contributed by atoms with Gasteiger partial charge < -0.3 is 14.8 Å². The van der Waals surface area contributed by atoms with Crippen molar-refractivity contribution in [2.75, 3.05) is 4.72 Å². The Hall–Kier alpha value is -3.12. The van der Waals surface area contributed by atoms with E-state index in [0.29, 0.717) is 10.6 Å². The third kappa shape index (κ3) is 2.75. The van der Waals surface area contributed by atoms with Gasteiger partial charge in [0, 0.05) is 36.8 Å². The van der Waals surface area contributed by atoms with E-state index in [0.717, 1.165) is 21.2 Å². The number of imidazole rings is 1. The fraction of sp³-hybridized carbons (Fsp3) is 0.133. The van der Waals surface area contributed by atoms with Gasteiger partial charge in [0.2, 0.25) is 0 Å². The zero-order valence-electron chi connectivity index (χ0n) is 12.6. The van der Waals surface area contributed by atoms with Crippen molar-refractivity contribution in [2.45, 2.75) is 11.6 Å². The first-order chi connectivity index (χ1) is 11.5. The van der Waals surface area contributed by atoms with Crippen LogP contribution >= 0.6 is 11.9 Å². The Balaban J connectivity index is 1.87. The molecular formula is C15H13N5O3S. The number of rotatable bonds is 5. The third-order valence-electron chi connectivity index (χ3n) is 3.54. The molecule has 8 nitrogen and oxygen atoms in total. The van der Waals surface area contributed by atoms with Crippen molar-refractivity contribution in [1.82, 2.24) is 14.1 Å². The highest BCUT2D eigenvalue weighted by Gasteiger charge is 2.12. The average Bonchev–Trinajstić information content (AvgIpc) is 3.09. The lowest BCUT2D eigenvalue weighted by molar-refractivity contribution is -0.137. The van der Waals surface area contributed by atoms with E-state index < -0.39 is 11.7 Å². The molecule has 1 aromatic carbocycles. The maximum atomic E-state index is 12.0. The minimum Gasteiger partial charge on any atom is -0.480 e. The Morgan fingerprint density at radius 2 is 2.29 bits per heavy atom. The van der Waals surface area contributed by atoms with E-state index in [1.54, 1.807) is 13.2 Å². The van der Waals surface area contributed by atoms with Gasteiger partial charge in [0.25, 0.3) is 0 Å². The standard InChI is InChI=1S/C15H13N5O3S/c1-19-12(7-20(15(19)23)8-13(21)22)24-18-11-4-2-3-10-9(5-16)6-17-14(10)11/h2-4,6-7,17-18H,8H2,1H3,(H,21,22). The molecule has 0 aliphatic carbocycles. The lowest BCUT2D eigenvalue weighted by Crippen LogP contribution is -2.25. The molecule has 0 radical (unpaired) electrons. The summed E-state index contributed by atoms with van der Waals surface area (Å²) in [6.07, 6.45) is 3.13. The largest absolute Gasteiger partial charge is 0.480 e. The fourth-order valence-corrected chi connectivity index (χ4v) is 3.13. The van der Waals surface area contributed by atoms with Crippen molar-refractivity contribution in [1.29, 1.82) is 5.26 Å². The molecule has 0 amide bonds. The first-order valence-electron chi connectivity index (χ1n) is 6.92. The Morgan fingerprint density at radius 1 is 1.50 bits per heavy atom. The second kappa shape index (κ2) is 6.17. The van der Waals surface area contributed by atoms with Crippen LogP contribution in [0, 0.1) is 11.3 Å². The summed E-state index contributed by atoms with van der Waals surface area (Å²) in [5.74, 6) is -1.08. The van der Waals surface area contributed by atoms with E-state index in [1.807, 2.05) is 18.2 Å². The molecule has 9 heteroatoms. The summed E-state index contributed by atoms with van der Waals surface area (Å²) < 4.78 is 5.64. The number of nitrogens with zero attached hydrogens (tertiary/aromatic N) is 3. The van der Waals surface area contributed by atoms with Gasteiger partial charge in [-0.1, -0.05) is 12.1 Å². The Morgan fingerprint density at radius 3 is 3.00 bits per heavy atom. The van der Waals surface area contributed by atoms with E-state index in [-0.39, 0.29) is 6.54 Å². The van der Waals surface area contributed by atoms with Gasteiger partial charge in [-0.3, -0.25) is 13.9 Å². The highest BCUT2D eigenvalue weighted by molar-refractivity contribution is 8.00. The monoisotopic (exact) mass is 343 g/mol. The molecule has 0 aliphatic heterocycles. The number of fused-ring (bicyclic) bond motifs is 1. The molecule has 2 aromatic heterocycles. The molecular weight excluding hydrogens is 330 g/mol. The van der Waals surface area contributed by atoms with E-state index in [1.165, 1.54) is 22.7 Å². The van der Waals surface area contributed by atoms with Crippen LogP contribution in [0.4, 0.5) is 5.69 Å². The van der Waals surface area contributed by atoms with Crippen LogP contribution in [0.2, 0.25) is 0 Å². The molecule has 2 heterocycles. The maximum Gasteiger partial charge on any atom is 0.329 e. The Kier molecular flexibility index (Phi) is 4.05. The van der Waals surface area contributed by atoms with Gasteiger partial charge in [-0.25, -0.2) is 4.79 Å². The number of carbonyl (C=O) groups is 1. The highest BCUT2D eigenvalue weighted by Crippen LogP contribution is 2.28. The van der Waals surface area contributed by atoms with Crippen molar-refractivity contribution in [3.8, 4) is 6.07 Å². The normalized spacial score (nSPS) is 10.7. The van der Waals surface area contributed by atoms with E-state index in [9.17, 15) is 9.59 Å². The lowest BCUT2D eigenvalue weighted by Gasteiger charge is -2.06. The molecule has 0 spiro atoms. The number of hydrogen-bond donors (Lipinski definition) is 3. The van der Waals surface area contributed by atoms with Crippen LogP contribution in [0.1, 0.15) is 5.56 Å². The molecule has 24 heavy (non-hydrogen) atoms. The van der Waals surface area contributed by atoms with Gasteiger partial charge in [-0.2, -0.15) is 5.26 Å². The molecule has 0 atom stereocenters. The molecule has 0 unspecified atom stereocenters. The molecule has 3 aromatic rings. The molecule has 0 aliphatic rings. The summed E-state index contributed by atoms with van der Waals surface area (Å²) in [4.78, 5) is 25.8. The second-order valence-electron chi connectivity index (χ2n) is 5.08. The van der Waals surface area contributed by atoms with E-state index in [4.69, 9.17) is 10.4 Å². The summed E-state index contributed by atoms with van der Waals surface area (Å²) >= 11 is 1.19. The maximum absolute atomic E-state index is 12.0. The summed E-state index contributed by atoms with van der Waals surface area (Å²) in [5, 5.41) is 19.3. The highest BCUT2D eigenvalue weighted by atomic mass is 32.2. The zero-order chi connectivity index (χ0) is 17.3. The van der Waals surface area contributed by atoms with Crippen LogP contribution in [0.25, 0.3) is 10.9 Å². The molecule has 0 fully saturated rings. The van der Waals surface area contributed by atoms with Crippen LogP contribution in [0.3, 0.4) is 0 Å². The smallest absolute Gasteiger partial charge is 0.329 e. The average molecular weight is 343 g/mol. The van der Waals surface area contributed by atoms with Crippen molar-refractivity contribution in [3.63, 3.8) is 0 Å². The van der Waals surface area contributed by atoms with Gasteiger partial charge in [0.15, 0.2) is 0 Å². The number of aliphatic carboxylic acids is 1. The van der Waals surface area contributed by atoms with Crippen molar-refractivity contribution < 1.29 is 9.90 Å². The first-order valence-corrected chi connectivity index (χ1v) is 7.74. The van der Waals surface area contributed by atoms with Gasteiger partial charge in [0.1, 0.15) is 17.6 Å². The van der Waals surface area contributed by atoms with Crippen molar-refractivity contribution in [3.05, 3.63) is 46.6 Å². The Bertz CT molecular complexity index is 1020. The number of nitrogens with one attached hydrogen (secondary N) is 2. The summed E-state index contributed by atoms with van der Waals surface area (Å²) in [6.45, 7) is -0.384. The number of anilines is 1. The number of H-pyrrole nitrogens is 1. The number of nitriles is 1. The van der Waals surface area contributed by atoms with Gasteiger partial charge in [0.05, 0.1) is 16.8 Å². The minimum absolute atomic E-state index is 0.384. The van der Waals surface area contributed by atoms with Crippen LogP contribution < -0.4 is 10.4 Å². The third-order valence-corrected chi connectivity index (χ3v) is 4.45. The van der Waals surface area contributed by atoms with Crippen LogP contribution in [0.5, 0.6) is 0 Å². The van der Waals surface area contributed by atoms with Crippen molar-refractivity contribution in [2.24, 2.45) is 7.05 Å². The quantitative estimate of drug-likeness (QED) is 0.608. The number of aromatic amines is 1. The number of carboxylic acids is 1. The predicted octanol–water partition coefficient (Wildman–Crippen LogP) is 1.74. The predicted molar refractivity (Wildman–Crippen MR) is 89.8 cm³/mol. The number of hydrogen-bond acceptors (Lipinski definition) is 5. The van der Waals surface area contributed by atoms with E-state index in [2.05, 4.69) is 15.8 Å². The topological polar surface area (TPSA) is 116 Å². The molecule has 3 N–H and O–H groups in total. The van der Waals surface area contributed by atoms with E-state index >= 15 is 0 Å². The number of benzene rings is 1. The van der Waals surface area contributed by atoms with Gasteiger partial charge in [-0.05, 0) is 6.07 Å². The molecule has 0 saturated heterocycles. The summed E-state index contributed by atoms with van der Waals surface area (Å²) in [7, 11) is 1.58. The van der Waals surface area contributed by atoms with Crippen LogP contribution in [-0.4, -0.2) is 25.2 Å². The Labute approximate surface area is 140 Å². The fourth-order valence-electron chi connectivity index (χ4n) is 2.36. The molecule has 0 saturated carbocycles. The summed E-state index contributed by atoms with van der Waals surface area (Å²) in [5.41, 5.74) is 1.71. The minimum atomic E-state index is -1.08. The van der Waals surface area contributed by atoms with Crippen LogP contribution in [-0.2, 0) is 18.4 Å². The number of aromatic nitrogens is 3. The molecule has 0 bridgehead atoms. The number of para-hydroxylation sites is 1. The lowest BCUT2D eigenvalue weighted by atomic mass is 10.2. The first kappa shape index (κ1) is 15.8. The van der Waals surface area contributed by atoms with Crippen molar-refractivity contribution >= 4 is 34.5 Å². The summed E-state index contributed by atoms with van der Waals surface area (Å²) in [6, 6.07) is 7.64. The van der Waals surface area contributed by atoms with Crippen LogP contribution in [0.15, 0.2) is 40.4 Å². The van der Waals surface area contributed by atoms with Gasteiger partial charge >= 0.3 is 11.7 Å². The SMILES string of the molecule is Cn1c(SNc2cccc3c(C#N)c[nH]c23)cn(CC(=O)O)c1=O. The zero-order valence-corrected chi connectivity index (χ0v) is 13.4. The molecule has 3 rings (SSSR count).